The third-order valence-corrected chi connectivity index (χ3v) is 2.47. The quantitative estimate of drug-likeness (QED) is 0.374. The second kappa shape index (κ2) is 5.47. The third kappa shape index (κ3) is 3.30. The molecule has 0 atom stereocenters. The van der Waals surface area contributed by atoms with Crippen LogP contribution in [0.3, 0.4) is 0 Å². The van der Waals surface area contributed by atoms with Gasteiger partial charge in [0, 0.05) is 25.7 Å². The van der Waals surface area contributed by atoms with Gasteiger partial charge >= 0.3 is 17.8 Å². The minimum atomic E-state index is -0.551. The number of amides is 2. The van der Waals surface area contributed by atoms with E-state index in [1.54, 1.807) is 14.0 Å². The second-order valence-corrected chi connectivity index (χ2v) is 3.94. The van der Waals surface area contributed by atoms with Gasteiger partial charge in [-0.05, 0) is 6.92 Å². The molecule has 1 aliphatic rings. The van der Waals surface area contributed by atoms with E-state index in [4.69, 9.17) is 4.74 Å². The van der Waals surface area contributed by atoms with E-state index in [2.05, 4.69) is 6.58 Å². The average molecular weight is 240 g/mol. The highest BCUT2D eigenvalue weighted by Crippen LogP contribution is 2.02. The molecule has 1 fully saturated rings. The van der Waals surface area contributed by atoms with Gasteiger partial charge in [0.15, 0.2) is 0 Å². The summed E-state index contributed by atoms with van der Waals surface area (Å²) >= 11 is 0. The Hall–Kier alpha value is -1.85. The molecule has 0 spiro atoms. The van der Waals surface area contributed by atoms with E-state index in [-0.39, 0.29) is 13.2 Å². The van der Waals surface area contributed by atoms with Crippen molar-refractivity contribution in [1.82, 2.24) is 9.80 Å². The summed E-state index contributed by atoms with van der Waals surface area (Å²) in [6.45, 7) is 6.26. The third-order valence-electron chi connectivity index (χ3n) is 2.47. The highest BCUT2D eigenvalue weighted by atomic mass is 16.5. The fourth-order valence-electron chi connectivity index (χ4n) is 1.36. The molecule has 1 aliphatic heterocycles. The number of carbonyl (C=O) groups is 3. The van der Waals surface area contributed by atoms with Crippen molar-refractivity contribution in [1.29, 1.82) is 0 Å². The Morgan fingerprint density at radius 2 is 2.00 bits per heavy atom. The first-order valence-corrected chi connectivity index (χ1v) is 5.30. The maximum Gasteiger partial charge on any atom is 0.333 e. The Balaban J connectivity index is 2.38. The van der Waals surface area contributed by atoms with Crippen LogP contribution in [0.4, 0.5) is 0 Å². The van der Waals surface area contributed by atoms with Gasteiger partial charge in [-0.25, -0.2) is 4.79 Å². The number of ether oxygens (including phenoxy) is 1. The molecular formula is C11H16N2O4. The molecule has 0 aromatic rings. The van der Waals surface area contributed by atoms with Crippen LogP contribution in [0.1, 0.15) is 6.92 Å². The Labute approximate surface area is 99.8 Å². The molecule has 94 valence electrons. The Bertz CT molecular complexity index is 364. The average Bonchev–Trinajstić information content (AvgIpc) is 2.28. The van der Waals surface area contributed by atoms with Gasteiger partial charge in [0.2, 0.25) is 0 Å². The van der Waals surface area contributed by atoms with Crippen LogP contribution in [0.5, 0.6) is 0 Å². The number of likely N-dealkylation sites (N-methyl/N-ethyl adjacent to an activating group) is 1. The number of carbonyl (C=O) groups excluding carboxylic acids is 3. The van der Waals surface area contributed by atoms with Gasteiger partial charge < -0.3 is 14.5 Å². The zero-order valence-corrected chi connectivity index (χ0v) is 10.1. The fourth-order valence-corrected chi connectivity index (χ4v) is 1.36. The smallest absolute Gasteiger partial charge is 0.333 e. The lowest BCUT2D eigenvalue weighted by Gasteiger charge is -2.31. The van der Waals surface area contributed by atoms with E-state index in [0.717, 1.165) is 0 Å². The first-order valence-electron chi connectivity index (χ1n) is 5.30. The van der Waals surface area contributed by atoms with E-state index < -0.39 is 17.8 Å². The molecule has 0 aromatic heterocycles. The summed E-state index contributed by atoms with van der Waals surface area (Å²) in [5.41, 5.74) is 0.311. The molecule has 0 aromatic carbocycles. The molecule has 0 saturated carbocycles. The SMILES string of the molecule is C=C(C)C(=O)OCCN1CCN(C)C(=O)C1=O. The zero-order valence-electron chi connectivity index (χ0n) is 10.1. The predicted octanol–water partition coefficient (Wildman–Crippen LogP) is -0.594. The first kappa shape index (κ1) is 13.2. The molecule has 6 heteroatoms. The van der Waals surface area contributed by atoms with Crippen molar-refractivity contribution in [3.8, 4) is 0 Å². The van der Waals surface area contributed by atoms with Crippen LogP contribution in [0.15, 0.2) is 12.2 Å². The number of hydrogen-bond donors (Lipinski definition) is 0. The van der Waals surface area contributed by atoms with E-state index in [1.165, 1.54) is 9.80 Å². The van der Waals surface area contributed by atoms with Crippen molar-refractivity contribution in [2.45, 2.75) is 6.92 Å². The highest BCUT2D eigenvalue weighted by Gasteiger charge is 2.29. The van der Waals surface area contributed by atoms with Gasteiger partial charge in [-0.3, -0.25) is 9.59 Å². The van der Waals surface area contributed by atoms with Crippen LogP contribution < -0.4 is 0 Å². The number of rotatable bonds is 4. The van der Waals surface area contributed by atoms with Crippen LogP contribution in [0.25, 0.3) is 0 Å². The van der Waals surface area contributed by atoms with Gasteiger partial charge in [-0.2, -0.15) is 0 Å². The largest absolute Gasteiger partial charge is 0.460 e. The molecule has 0 unspecified atom stereocenters. The molecular weight excluding hydrogens is 224 g/mol. The van der Waals surface area contributed by atoms with Crippen LogP contribution >= 0.6 is 0 Å². The van der Waals surface area contributed by atoms with Gasteiger partial charge in [-0.15, -0.1) is 0 Å². The Morgan fingerprint density at radius 3 is 2.59 bits per heavy atom. The standard InChI is InChI=1S/C11H16N2O4/c1-8(2)11(16)17-7-6-13-5-4-12(3)9(14)10(13)15/h1,4-7H2,2-3H3. The Kier molecular flexibility index (Phi) is 4.25. The maximum atomic E-state index is 11.5. The molecule has 1 rings (SSSR count). The molecule has 2 amide bonds. The van der Waals surface area contributed by atoms with Gasteiger partial charge in [-0.1, -0.05) is 6.58 Å². The van der Waals surface area contributed by atoms with Gasteiger partial charge in [0.25, 0.3) is 0 Å². The Morgan fingerprint density at radius 1 is 1.35 bits per heavy atom. The van der Waals surface area contributed by atoms with Crippen LogP contribution in [-0.4, -0.2) is 60.9 Å². The monoisotopic (exact) mass is 240 g/mol. The number of nitrogens with zero attached hydrogens (tertiary/aromatic N) is 2. The zero-order chi connectivity index (χ0) is 13.0. The van der Waals surface area contributed by atoms with Crippen molar-refractivity contribution in [3.63, 3.8) is 0 Å². The van der Waals surface area contributed by atoms with E-state index in [9.17, 15) is 14.4 Å². The second-order valence-electron chi connectivity index (χ2n) is 3.94. The van der Waals surface area contributed by atoms with E-state index in [0.29, 0.717) is 18.7 Å². The summed E-state index contributed by atoms with van der Waals surface area (Å²) in [6.07, 6.45) is 0. The predicted molar refractivity (Wildman–Crippen MR) is 60.0 cm³/mol. The summed E-state index contributed by atoms with van der Waals surface area (Å²) in [6, 6.07) is 0. The van der Waals surface area contributed by atoms with Crippen molar-refractivity contribution in [2.24, 2.45) is 0 Å². The summed E-state index contributed by atoms with van der Waals surface area (Å²) < 4.78 is 4.86. The first-order chi connectivity index (χ1) is 7.93. The van der Waals surface area contributed by atoms with Gasteiger partial charge in [0.05, 0.1) is 6.54 Å². The molecule has 17 heavy (non-hydrogen) atoms. The lowest BCUT2D eigenvalue weighted by atomic mass is 10.3. The summed E-state index contributed by atoms with van der Waals surface area (Å²) in [5.74, 6) is -1.56. The summed E-state index contributed by atoms with van der Waals surface area (Å²) in [4.78, 5) is 36.7. The van der Waals surface area contributed by atoms with Crippen LogP contribution in [0.2, 0.25) is 0 Å². The molecule has 0 bridgehead atoms. The summed E-state index contributed by atoms with van der Waals surface area (Å²) in [5, 5.41) is 0. The lowest BCUT2D eigenvalue weighted by molar-refractivity contribution is -0.156. The van der Waals surface area contributed by atoms with Gasteiger partial charge in [0.1, 0.15) is 6.61 Å². The highest BCUT2D eigenvalue weighted by molar-refractivity contribution is 6.35. The minimum absolute atomic E-state index is 0.0778. The van der Waals surface area contributed by atoms with Crippen LogP contribution in [-0.2, 0) is 19.1 Å². The minimum Gasteiger partial charge on any atom is -0.460 e. The van der Waals surface area contributed by atoms with E-state index in [1.807, 2.05) is 0 Å². The fraction of sp³-hybridized carbons (Fsp3) is 0.545. The molecule has 1 heterocycles. The van der Waals surface area contributed by atoms with Crippen molar-refractivity contribution >= 4 is 17.8 Å². The van der Waals surface area contributed by atoms with Crippen molar-refractivity contribution < 1.29 is 19.1 Å². The molecule has 0 radical (unpaired) electrons. The number of piperazine rings is 1. The van der Waals surface area contributed by atoms with Crippen molar-refractivity contribution in [3.05, 3.63) is 12.2 Å². The van der Waals surface area contributed by atoms with E-state index >= 15 is 0 Å². The lowest BCUT2D eigenvalue weighted by Crippen LogP contribution is -2.53. The molecule has 1 saturated heterocycles. The molecule has 6 nitrogen and oxygen atoms in total. The molecule has 0 N–H and O–H groups in total. The topological polar surface area (TPSA) is 66.9 Å². The number of hydrogen-bond acceptors (Lipinski definition) is 4. The normalized spacial score (nSPS) is 16.1. The summed E-state index contributed by atoms with van der Waals surface area (Å²) in [7, 11) is 1.58. The van der Waals surface area contributed by atoms with Crippen LogP contribution in [0, 0.1) is 0 Å². The van der Waals surface area contributed by atoms with Crippen molar-refractivity contribution in [2.75, 3.05) is 33.3 Å². The number of esters is 1. The molecule has 0 aliphatic carbocycles. The maximum absolute atomic E-state index is 11.5.